The molecule has 0 unspecified atom stereocenters. The second-order valence-electron chi connectivity index (χ2n) is 7.55. The maximum absolute atomic E-state index is 13.9. The van der Waals surface area contributed by atoms with E-state index in [4.69, 9.17) is 20.9 Å². The van der Waals surface area contributed by atoms with Crippen LogP contribution in [0.1, 0.15) is 24.4 Å². The Morgan fingerprint density at radius 2 is 1.79 bits per heavy atom. The zero-order chi connectivity index (χ0) is 24.8. The molecule has 0 spiro atoms. The predicted octanol–water partition coefficient (Wildman–Crippen LogP) is 4.71. The number of urea groups is 1. The molecule has 3 N–H and O–H groups in total. The number of ether oxygens (including phenoxy) is 1. The van der Waals surface area contributed by atoms with Crippen molar-refractivity contribution in [2.75, 3.05) is 17.7 Å². The molecule has 3 rings (SSSR count). The van der Waals surface area contributed by atoms with Crippen LogP contribution in [0.2, 0.25) is 5.02 Å². The quantitative estimate of drug-likeness (QED) is 0.414. The molecule has 0 fully saturated rings. The highest BCUT2D eigenvalue weighted by Crippen LogP contribution is 2.24. The van der Waals surface area contributed by atoms with Gasteiger partial charge in [-0.1, -0.05) is 48.8 Å². The van der Waals surface area contributed by atoms with Crippen molar-refractivity contribution in [3.63, 3.8) is 0 Å². The molecule has 0 bridgehead atoms. The second-order valence-corrected chi connectivity index (χ2v) is 7.96. The molecule has 0 aliphatic rings. The van der Waals surface area contributed by atoms with E-state index in [1.165, 1.54) is 31.4 Å². The van der Waals surface area contributed by atoms with Gasteiger partial charge in [-0.2, -0.15) is 0 Å². The highest BCUT2D eigenvalue weighted by Gasteiger charge is 2.27. The van der Waals surface area contributed by atoms with Gasteiger partial charge >= 0.3 is 12.0 Å². The van der Waals surface area contributed by atoms with Crippen LogP contribution in [0.25, 0.3) is 11.3 Å². The highest BCUT2D eigenvalue weighted by molar-refractivity contribution is 6.31. The zero-order valence-electron chi connectivity index (χ0n) is 18.5. The van der Waals surface area contributed by atoms with Crippen LogP contribution in [0.3, 0.4) is 0 Å². The molecule has 3 aromatic rings. The lowest BCUT2D eigenvalue weighted by atomic mass is 10.0. The van der Waals surface area contributed by atoms with Crippen molar-refractivity contribution >= 4 is 40.9 Å². The fraction of sp³-hybridized carbons (Fsp3) is 0.217. The second kappa shape index (κ2) is 10.8. The van der Waals surface area contributed by atoms with Crippen LogP contribution in [0.4, 0.5) is 20.6 Å². The third kappa shape index (κ3) is 5.90. The first-order chi connectivity index (χ1) is 16.2. The number of aromatic nitrogens is 1. The maximum Gasteiger partial charge on any atom is 0.328 e. The minimum Gasteiger partial charge on any atom is -0.467 e. The van der Waals surface area contributed by atoms with E-state index in [0.717, 1.165) is 0 Å². The summed E-state index contributed by atoms with van der Waals surface area (Å²) >= 11 is 5.71. The van der Waals surface area contributed by atoms with Crippen molar-refractivity contribution in [2.24, 2.45) is 5.92 Å². The Hall–Kier alpha value is -3.92. The molecule has 3 amide bonds. The highest BCUT2D eigenvalue weighted by atomic mass is 35.5. The zero-order valence-corrected chi connectivity index (χ0v) is 19.3. The van der Waals surface area contributed by atoms with E-state index in [9.17, 15) is 18.8 Å². The molecule has 2 aromatic carbocycles. The van der Waals surface area contributed by atoms with Crippen LogP contribution in [-0.4, -0.2) is 36.2 Å². The molecule has 11 heteroatoms. The average Bonchev–Trinajstić information content (AvgIpc) is 3.30. The molecule has 178 valence electrons. The molecule has 1 aromatic heterocycles. The van der Waals surface area contributed by atoms with E-state index in [1.807, 2.05) is 0 Å². The van der Waals surface area contributed by atoms with Crippen LogP contribution < -0.4 is 16.0 Å². The number of hydrogen-bond acceptors (Lipinski definition) is 6. The van der Waals surface area contributed by atoms with Gasteiger partial charge in [-0.15, -0.1) is 0 Å². The largest absolute Gasteiger partial charge is 0.467 e. The van der Waals surface area contributed by atoms with Gasteiger partial charge in [-0.3, -0.25) is 4.79 Å². The van der Waals surface area contributed by atoms with Crippen molar-refractivity contribution in [1.82, 2.24) is 10.5 Å². The van der Waals surface area contributed by atoms with Crippen molar-refractivity contribution in [2.45, 2.75) is 19.9 Å². The molecule has 0 radical (unpaired) electrons. The maximum atomic E-state index is 13.9. The number of benzene rings is 2. The summed E-state index contributed by atoms with van der Waals surface area (Å²) in [5.41, 5.74) is 1.37. The number of nitrogens with one attached hydrogen (secondary N) is 3. The van der Waals surface area contributed by atoms with Gasteiger partial charge in [-0.05, 0) is 30.2 Å². The number of nitrogens with zero attached hydrogens (tertiary/aromatic N) is 1. The molecule has 0 aliphatic carbocycles. The topological polar surface area (TPSA) is 123 Å². The van der Waals surface area contributed by atoms with E-state index in [-0.39, 0.29) is 22.4 Å². The fourth-order valence-electron chi connectivity index (χ4n) is 2.96. The molecule has 9 nitrogen and oxygen atoms in total. The summed E-state index contributed by atoms with van der Waals surface area (Å²) in [6.07, 6.45) is 0. The number of carbonyl (C=O) groups excluding carboxylic acids is 3. The molecule has 1 heterocycles. The summed E-state index contributed by atoms with van der Waals surface area (Å²) in [7, 11) is 1.24. The molecule has 1 atom stereocenters. The van der Waals surface area contributed by atoms with Crippen LogP contribution in [-0.2, 0) is 9.53 Å². The average molecular weight is 489 g/mol. The number of amides is 3. The summed E-state index contributed by atoms with van der Waals surface area (Å²) in [5.74, 6) is -2.16. The molecular weight excluding hydrogens is 467 g/mol. The Labute approximate surface area is 199 Å². The van der Waals surface area contributed by atoms with Gasteiger partial charge < -0.3 is 25.2 Å². The minimum atomic E-state index is -0.831. The van der Waals surface area contributed by atoms with E-state index in [2.05, 4.69) is 21.1 Å². The van der Waals surface area contributed by atoms with Crippen molar-refractivity contribution in [3.8, 4) is 11.3 Å². The molecule has 34 heavy (non-hydrogen) atoms. The predicted molar refractivity (Wildman–Crippen MR) is 124 cm³/mol. The lowest BCUT2D eigenvalue weighted by Gasteiger charge is -2.18. The Balaban J connectivity index is 1.64. The van der Waals surface area contributed by atoms with Crippen LogP contribution in [0.5, 0.6) is 0 Å². The van der Waals surface area contributed by atoms with Crippen molar-refractivity contribution in [3.05, 3.63) is 65.1 Å². The molecule has 0 saturated heterocycles. The summed E-state index contributed by atoms with van der Waals surface area (Å²) < 4.78 is 23.8. The number of rotatable bonds is 7. The molecule has 0 saturated carbocycles. The number of anilines is 2. The van der Waals surface area contributed by atoms with Gasteiger partial charge in [0.15, 0.2) is 5.82 Å². The summed E-state index contributed by atoms with van der Waals surface area (Å²) in [4.78, 5) is 36.4. The summed E-state index contributed by atoms with van der Waals surface area (Å²) in [5, 5.41) is 11.3. The Kier molecular flexibility index (Phi) is 7.85. The third-order valence-corrected chi connectivity index (χ3v) is 5.07. The van der Waals surface area contributed by atoms with Gasteiger partial charge in [0.25, 0.3) is 5.91 Å². The standard InChI is InChI=1S/C23H22ClFN4O5/c1-12(2)20(22(31)33-3)28-21(30)18-11-17(29-34-18)13-7-9-14(10-8-13)26-23(32)27-16-6-4-5-15(24)19(16)25/h4-12,20H,1-3H3,(H,28,30)(H2,26,27,32)/t20-/m0/s1. The van der Waals surface area contributed by atoms with Gasteiger partial charge in [0.2, 0.25) is 5.76 Å². The Morgan fingerprint density at radius 3 is 2.44 bits per heavy atom. The van der Waals surface area contributed by atoms with Crippen molar-refractivity contribution in [1.29, 1.82) is 0 Å². The van der Waals surface area contributed by atoms with Crippen LogP contribution in [0.15, 0.2) is 53.1 Å². The monoisotopic (exact) mass is 488 g/mol. The first-order valence-corrected chi connectivity index (χ1v) is 10.5. The van der Waals surface area contributed by atoms with Gasteiger partial charge in [0, 0.05) is 17.3 Å². The first kappa shape index (κ1) is 24.7. The summed E-state index contributed by atoms with van der Waals surface area (Å²) in [6.45, 7) is 3.55. The summed E-state index contributed by atoms with van der Waals surface area (Å²) in [6, 6.07) is 10.7. The van der Waals surface area contributed by atoms with Gasteiger partial charge in [0.1, 0.15) is 11.7 Å². The SMILES string of the molecule is COC(=O)[C@@H](NC(=O)c1cc(-c2ccc(NC(=O)Nc3cccc(Cl)c3F)cc2)no1)C(C)C. The Morgan fingerprint density at radius 1 is 1.09 bits per heavy atom. The van der Waals surface area contributed by atoms with E-state index < -0.39 is 29.8 Å². The van der Waals surface area contributed by atoms with Crippen LogP contribution in [0, 0.1) is 11.7 Å². The Bertz CT molecular complexity index is 1200. The minimum absolute atomic E-state index is 0.0538. The lowest BCUT2D eigenvalue weighted by Crippen LogP contribution is -2.44. The smallest absolute Gasteiger partial charge is 0.328 e. The van der Waals surface area contributed by atoms with E-state index in [0.29, 0.717) is 16.9 Å². The van der Waals surface area contributed by atoms with Gasteiger partial charge in [0.05, 0.1) is 17.8 Å². The lowest BCUT2D eigenvalue weighted by molar-refractivity contribution is -0.144. The van der Waals surface area contributed by atoms with E-state index >= 15 is 0 Å². The van der Waals surface area contributed by atoms with Crippen LogP contribution >= 0.6 is 11.6 Å². The van der Waals surface area contributed by atoms with E-state index in [1.54, 1.807) is 38.1 Å². The first-order valence-electron chi connectivity index (χ1n) is 10.2. The fourth-order valence-corrected chi connectivity index (χ4v) is 3.14. The van der Waals surface area contributed by atoms with Gasteiger partial charge in [-0.25, -0.2) is 14.0 Å². The molecule has 0 aliphatic heterocycles. The number of esters is 1. The normalized spacial score (nSPS) is 11.6. The number of carbonyl (C=O) groups is 3. The van der Waals surface area contributed by atoms with Crippen molar-refractivity contribution < 1.29 is 28.0 Å². The number of hydrogen-bond donors (Lipinski definition) is 3. The third-order valence-electron chi connectivity index (χ3n) is 4.78. The number of halogens is 2. The molecular formula is C23H22ClFN4O5. The number of methoxy groups -OCH3 is 1.